The number of halogens is 4. The molecule has 0 fully saturated rings. The minimum absolute atomic E-state index is 0. The maximum Gasteiger partial charge on any atom is 0.243 e. The first-order valence-corrected chi connectivity index (χ1v) is 6.65. The molecule has 9 heteroatoms. The number of sulfonamides is 1. The summed E-state index contributed by atoms with van der Waals surface area (Å²) in [6.07, 6.45) is 0.487. The topological polar surface area (TPSA) is 58.2 Å². The van der Waals surface area contributed by atoms with Gasteiger partial charge >= 0.3 is 0 Å². The van der Waals surface area contributed by atoms with Crippen LogP contribution in [0.4, 0.5) is 13.2 Å². The van der Waals surface area contributed by atoms with E-state index in [9.17, 15) is 21.6 Å². The minimum atomic E-state index is -4.17. The molecule has 0 spiro atoms. The summed E-state index contributed by atoms with van der Waals surface area (Å²) in [5.74, 6) is -4.16. The maximum absolute atomic E-state index is 13.3. The Kier molecular flexibility index (Phi) is 7.35. The second-order valence-electron chi connectivity index (χ2n) is 3.55. The summed E-state index contributed by atoms with van der Waals surface area (Å²) in [6.45, 7) is 0.643. The summed E-state index contributed by atoms with van der Waals surface area (Å²) in [7, 11) is -2.47. The molecule has 0 atom stereocenters. The highest BCUT2D eigenvalue weighted by Gasteiger charge is 2.21. The van der Waals surface area contributed by atoms with Crippen LogP contribution < -0.4 is 10.0 Å². The van der Waals surface area contributed by atoms with Gasteiger partial charge in [-0.2, -0.15) is 0 Å². The summed E-state index contributed by atoms with van der Waals surface area (Å²) in [6, 6.07) is 0.530. The predicted octanol–water partition coefficient (Wildman–Crippen LogP) is 1.41. The van der Waals surface area contributed by atoms with Crippen LogP contribution in [0.15, 0.2) is 17.0 Å². The van der Waals surface area contributed by atoms with Crippen molar-refractivity contribution in [3.05, 3.63) is 29.6 Å². The van der Waals surface area contributed by atoms with Crippen molar-refractivity contribution in [1.29, 1.82) is 0 Å². The Bertz CT molecular complexity index is 526. The average molecular weight is 319 g/mol. The third kappa shape index (κ3) is 4.98. The highest BCUT2D eigenvalue weighted by atomic mass is 35.5. The van der Waals surface area contributed by atoms with Crippen molar-refractivity contribution in [2.75, 3.05) is 20.1 Å². The number of hydrogen-bond acceptors (Lipinski definition) is 3. The van der Waals surface area contributed by atoms with Crippen molar-refractivity contribution in [3.8, 4) is 0 Å². The molecule has 0 saturated carbocycles. The third-order valence-corrected chi connectivity index (χ3v) is 3.64. The first-order valence-electron chi connectivity index (χ1n) is 5.17. The standard InChI is InChI=1S/C10H13F3N2O2S.ClH/c1-14-3-2-4-15-18(16,17)10-6-8(12)7(11)5-9(10)13;/h5-6,14-15H,2-4H2,1H3;1H. The van der Waals surface area contributed by atoms with Crippen LogP contribution in [0.3, 0.4) is 0 Å². The second-order valence-corrected chi connectivity index (χ2v) is 5.29. The predicted molar refractivity (Wildman–Crippen MR) is 67.3 cm³/mol. The van der Waals surface area contributed by atoms with E-state index < -0.39 is 32.4 Å². The van der Waals surface area contributed by atoms with Crippen LogP contribution in [-0.2, 0) is 10.0 Å². The Morgan fingerprint density at radius 2 is 1.63 bits per heavy atom. The van der Waals surface area contributed by atoms with Gasteiger partial charge in [0.15, 0.2) is 11.6 Å². The number of rotatable bonds is 6. The van der Waals surface area contributed by atoms with Crippen molar-refractivity contribution in [2.45, 2.75) is 11.3 Å². The Morgan fingerprint density at radius 3 is 2.21 bits per heavy atom. The molecule has 4 nitrogen and oxygen atoms in total. The first-order chi connectivity index (χ1) is 8.38. The zero-order valence-corrected chi connectivity index (χ0v) is 11.7. The lowest BCUT2D eigenvalue weighted by molar-refractivity contribution is 0.481. The third-order valence-electron chi connectivity index (χ3n) is 2.16. The van der Waals surface area contributed by atoms with E-state index in [1.54, 1.807) is 7.05 Å². The van der Waals surface area contributed by atoms with E-state index in [2.05, 4.69) is 10.0 Å². The largest absolute Gasteiger partial charge is 0.320 e. The van der Waals surface area contributed by atoms with Crippen molar-refractivity contribution in [3.63, 3.8) is 0 Å². The van der Waals surface area contributed by atoms with Crippen LogP contribution in [0.1, 0.15) is 6.42 Å². The maximum atomic E-state index is 13.3. The quantitative estimate of drug-likeness (QED) is 0.616. The average Bonchev–Trinajstić information content (AvgIpc) is 2.29. The minimum Gasteiger partial charge on any atom is -0.320 e. The molecule has 0 saturated heterocycles. The van der Waals surface area contributed by atoms with E-state index in [4.69, 9.17) is 0 Å². The normalized spacial score (nSPS) is 11.2. The smallest absolute Gasteiger partial charge is 0.243 e. The van der Waals surface area contributed by atoms with Crippen molar-refractivity contribution < 1.29 is 21.6 Å². The van der Waals surface area contributed by atoms with Gasteiger partial charge in [0.05, 0.1) is 0 Å². The summed E-state index contributed by atoms with van der Waals surface area (Å²) < 4.78 is 64.2. The fourth-order valence-electron chi connectivity index (χ4n) is 1.26. The molecule has 0 heterocycles. The molecule has 0 aliphatic heterocycles. The lowest BCUT2D eigenvalue weighted by Gasteiger charge is -2.08. The molecule has 110 valence electrons. The van der Waals surface area contributed by atoms with Gasteiger partial charge in [-0.05, 0) is 26.1 Å². The molecule has 0 amide bonds. The van der Waals surface area contributed by atoms with Crippen molar-refractivity contribution in [2.24, 2.45) is 0 Å². The second kappa shape index (κ2) is 7.68. The number of hydrogen-bond donors (Lipinski definition) is 2. The van der Waals surface area contributed by atoms with Gasteiger partial charge in [-0.1, -0.05) is 0 Å². The Morgan fingerprint density at radius 1 is 1.05 bits per heavy atom. The van der Waals surface area contributed by atoms with Gasteiger partial charge in [-0.25, -0.2) is 26.3 Å². The van der Waals surface area contributed by atoms with E-state index in [1.807, 2.05) is 0 Å². The molecule has 0 aliphatic carbocycles. The molecule has 0 aromatic heterocycles. The first kappa shape index (κ1) is 18.2. The summed E-state index contributed by atoms with van der Waals surface area (Å²) in [4.78, 5) is -0.897. The highest BCUT2D eigenvalue weighted by molar-refractivity contribution is 7.89. The van der Waals surface area contributed by atoms with Crippen molar-refractivity contribution >= 4 is 22.4 Å². The molecule has 0 aliphatic rings. The fourth-order valence-corrected chi connectivity index (χ4v) is 2.40. The molecule has 1 aromatic carbocycles. The molecule has 2 N–H and O–H groups in total. The van der Waals surface area contributed by atoms with Crippen molar-refractivity contribution in [1.82, 2.24) is 10.0 Å². The Hall–Kier alpha value is -0.830. The zero-order chi connectivity index (χ0) is 13.8. The van der Waals surface area contributed by atoms with E-state index in [-0.39, 0.29) is 25.0 Å². The van der Waals surface area contributed by atoms with E-state index in [0.29, 0.717) is 19.0 Å². The number of nitrogens with one attached hydrogen (secondary N) is 2. The highest BCUT2D eigenvalue weighted by Crippen LogP contribution is 2.18. The molecule has 0 bridgehead atoms. The Labute approximate surface area is 115 Å². The van der Waals surface area contributed by atoms with Gasteiger partial charge in [-0.15, -0.1) is 12.4 Å². The van der Waals surface area contributed by atoms with E-state index in [0.717, 1.165) is 0 Å². The summed E-state index contributed by atoms with van der Waals surface area (Å²) >= 11 is 0. The lowest BCUT2D eigenvalue weighted by atomic mass is 10.3. The fraction of sp³-hybridized carbons (Fsp3) is 0.400. The van der Waals surface area contributed by atoms with Crippen LogP contribution >= 0.6 is 12.4 Å². The van der Waals surface area contributed by atoms with Gasteiger partial charge in [0, 0.05) is 12.6 Å². The summed E-state index contributed by atoms with van der Waals surface area (Å²) in [5.41, 5.74) is 0. The van der Waals surface area contributed by atoms with E-state index >= 15 is 0 Å². The van der Waals surface area contributed by atoms with Crippen LogP contribution in [-0.4, -0.2) is 28.6 Å². The number of benzene rings is 1. The Balaban J connectivity index is 0.00000324. The molecule has 0 radical (unpaired) electrons. The van der Waals surface area contributed by atoms with Crippen LogP contribution in [0, 0.1) is 17.5 Å². The van der Waals surface area contributed by atoms with Crippen LogP contribution in [0.2, 0.25) is 0 Å². The molecular weight excluding hydrogens is 305 g/mol. The zero-order valence-electron chi connectivity index (χ0n) is 10.0. The van der Waals surface area contributed by atoms with Gasteiger partial charge in [0.1, 0.15) is 10.7 Å². The van der Waals surface area contributed by atoms with E-state index in [1.165, 1.54) is 0 Å². The monoisotopic (exact) mass is 318 g/mol. The SMILES string of the molecule is CNCCCNS(=O)(=O)c1cc(F)c(F)cc1F.Cl. The van der Waals surface area contributed by atoms with Gasteiger partial charge in [0.2, 0.25) is 10.0 Å². The van der Waals surface area contributed by atoms with Gasteiger partial charge < -0.3 is 5.32 Å². The summed E-state index contributed by atoms with van der Waals surface area (Å²) in [5, 5.41) is 2.80. The van der Waals surface area contributed by atoms with Gasteiger partial charge in [-0.3, -0.25) is 0 Å². The molecule has 1 aromatic rings. The lowest BCUT2D eigenvalue weighted by Crippen LogP contribution is -2.27. The molecular formula is C10H14ClF3N2O2S. The molecule has 19 heavy (non-hydrogen) atoms. The van der Waals surface area contributed by atoms with Crippen LogP contribution in [0.5, 0.6) is 0 Å². The van der Waals surface area contributed by atoms with Crippen LogP contribution in [0.25, 0.3) is 0 Å². The van der Waals surface area contributed by atoms with Gasteiger partial charge in [0.25, 0.3) is 0 Å². The molecule has 1 rings (SSSR count). The molecule has 0 unspecified atom stereocenters.